The number of hydrogen-bond acceptors (Lipinski definition) is 6. The van der Waals surface area contributed by atoms with E-state index in [0.717, 1.165) is 69.6 Å². The van der Waals surface area contributed by atoms with E-state index in [1.807, 2.05) is 0 Å². The van der Waals surface area contributed by atoms with E-state index < -0.39 is 6.10 Å². The number of ether oxygens (including phenoxy) is 3. The maximum Gasteiger partial charge on any atom is 0.306 e. The second-order valence-electron chi connectivity index (χ2n) is 20.2. The third kappa shape index (κ3) is 49.4. The highest BCUT2D eigenvalue weighted by Crippen LogP contribution is 2.18. The highest BCUT2D eigenvalue weighted by Gasteiger charge is 2.19. The maximum atomic E-state index is 12.8. The molecule has 0 aromatic heterocycles. The summed E-state index contributed by atoms with van der Waals surface area (Å²) in [5.41, 5.74) is 0. The van der Waals surface area contributed by atoms with Gasteiger partial charge in [-0.15, -0.1) is 0 Å². The average Bonchev–Trinajstić information content (AvgIpc) is 3.24. The molecule has 0 bridgehead atoms. The van der Waals surface area contributed by atoms with Crippen molar-refractivity contribution >= 4 is 17.9 Å². The van der Waals surface area contributed by atoms with Gasteiger partial charge in [0.15, 0.2) is 6.10 Å². The molecule has 0 saturated carbocycles. The third-order valence-corrected chi connectivity index (χ3v) is 12.7. The van der Waals surface area contributed by atoms with Crippen LogP contribution in [0, 0.1) is 11.8 Å². The summed E-state index contributed by atoms with van der Waals surface area (Å²) in [6.45, 7) is 11.4. The van der Waals surface area contributed by atoms with Crippen LogP contribution in [0.2, 0.25) is 0 Å². The molecule has 368 valence electrons. The minimum absolute atomic E-state index is 0.0630. The molecule has 0 aromatic carbocycles. The molecule has 0 unspecified atom stereocenters. The van der Waals surface area contributed by atoms with Crippen molar-refractivity contribution in [2.45, 2.75) is 317 Å². The second-order valence-corrected chi connectivity index (χ2v) is 20.2. The van der Waals surface area contributed by atoms with Crippen LogP contribution in [0.5, 0.6) is 0 Å². The fraction of sp³-hybridized carbons (Fsp3) is 0.946. The quantitative estimate of drug-likeness (QED) is 0.0344. The van der Waals surface area contributed by atoms with E-state index in [4.69, 9.17) is 14.2 Å². The molecule has 0 N–H and O–H groups in total. The van der Waals surface area contributed by atoms with E-state index in [0.29, 0.717) is 19.3 Å². The molecule has 0 heterocycles. The number of esters is 3. The first-order valence-corrected chi connectivity index (χ1v) is 27.7. The summed E-state index contributed by atoms with van der Waals surface area (Å²) in [6.07, 6.45) is 50.9. The molecule has 1 atom stereocenters. The lowest BCUT2D eigenvalue weighted by atomic mass is 10.0. The molecule has 0 aromatic rings. The minimum atomic E-state index is -0.762. The van der Waals surface area contributed by atoms with E-state index in [2.05, 4.69) is 34.6 Å². The summed E-state index contributed by atoms with van der Waals surface area (Å²) in [5, 5.41) is 0. The van der Waals surface area contributed by atoms with Crippen molar-refractivity contribution in [2.24, 2.45) is 11.8 Å². The monoisotopic (exact) mass is 877 g/mol. The molecule has 0 fully saturated rings. The van der Waals surface area contributed by atoms with Crippen LogP contribution in [0.3, 0.4) is 0 Å². The SMILES string of the molecule is CCCCCCCCCCCCCCCCCC(=O)OC[C@H](COC(=O)CCCCCCCCCCCCCCC(C)C)OC(=O)CCCCCCCCCCCCCC(C)C. The molecular weight excluding hydrogens is 769 g/mol. The van der Waals surface area contributed by atoms with Crippen LogP contribution in [-0.2, 0) is 28.6 Å². The minimum Gasteiger partial charge on any atom is -0.462 e. The van der Waals surface area contributed by atoms with Gasteiger partial charge < -0.3 is 14.2 Å². The van der Waals surface area contributed by atoms with Crippen molar-refractivity contribution in [3.63, 3.8) is 0 Å². The predicted molar refractivity (Wildman–Crippen MR) is 266 cm³/mol. The molecule has 0 saturated heterocycles. The summed E-state index contributed by atoms with van der Waals surface area (Å²) in [4.78, 5) is 38.1. The average molecular weight is 877 g/mol. The first kappa shape index (κ1) is 60.4. The number of unbranched alkanes of at least 4 members (excludes halogenated alkanes) is 35. The van der Waals surface area contributed by atoms with E-state index in [9.17, 15) is 14.4 Å². The van der Waals surface area contributed by atoms with Crippen molar-refractivity contribution < 1.29 is 28.6 Å². The van der Waals surface area contributed by atoms with Crippen molar-refractivity contribution in [2.75, 3.05) is 13.2 Å². The van der Waals surface area contributed by atoms with Crippen molar-refractivity contribution in [3.05, 3.63) is 0 Å². The van der Waals surface area contributed by atoms with Gasteiger partial charge in [-0.1, -0.05) is 272 Å². The predicted octanol–water partition coefficient (Wildman–Crippen LogP) is 18.1. The third-order valence-electron chi connectivity index (χ3n) is 12.7. The molecule has 6 heteroatoms. The molecule has 0 spiro atoms. The van der Waals surface area contributed by atoms with Crippen LogP contribution in [0.1, 0.15) is 311 Å². The van der Waals surface area contributed by atoms with Gasteiger partial charge in [0.1, 0.15) is 13.2 Å². The van der Waals surface area contributed by atoms with Crippen LogP contribution in [-0.4, -0.2) is 37.2 Å². The Kier molecular flexibility index (Phi) is 47.6. The van der Waals surface area contributed by atoms with Crippen molar-refractivity contribution in [3.8, 4) is 0 Å². The summed E-state index contributed by atoms with van der Waals surface area (Å²) in [5.74, 6) is 0.816. The summed E-state index contributed by atoms with van der Waals surface area (Å²) in [6, 6.07) is 0. The van der Waals surface area contributed by atoms with E-state index in [-0.39, 0.29) is 31.1 Å². The zero-order valence-corrected chi connectivity index (χ0v) is 42.5. The van der Waals surface area contributed by atoms with Gasteiger partial charge in [0.25, 0.3) is 0 Å². The number of carbonyl (C=O) groups excluding carboxylic acids is 3. The van der Waals surface area contributed by atoms with Gasteiger partial charge in [0.2, 0.25) is 0 Å². The lowest BCUT2D eigenvalue weighted by molar-refractivity contribution is -0.167. The molecule has 62 heavy (non-hydrogen) atoms. The van der Waals surface area contributed by atoms with Crippen molar-refractivity contribution in [1.29, 1.82) is 0 Å². The van der Waals surface area contributed by atoms with Crippen LogP contribution < -0.4 is 0 Å². The zero-order valence-electron chi connectivity index (χ0n) is 42.5. The summed E-state index contributed by atoms with van der Waals surface area (Å²) >= 11 is 0. The molecular formula is C56H108O6. The Morgan fingerprint density at radius 2 is 0.532 bits per heavy atom. The Labute approximate surface area is 387 Å². The first-order valence-electron chi connectivity index (χ1n) is 27.7. The molecule has 6 nitrogen and oxygen atoms in total. The standard InChI is InChI=1S/C56H108O6/c1-6-7-8-9-10-11-12-13-14-15-21-26-31-36-41-46-54(57)60-49-53(62-56(59)48-43-38-33-28-23-18-20-25-30-35-40-45-52(4)5)50-61-55(58)47-42-37-32-27-22-17-16-19-24-29-34-39-44-51(2)3/h51-53H,6-50H2,1-5H3/t53-/m1/s1. The Morgan fingerprint density at radius 3 is 0.790 bits per heavy atom. The van der Waals surface area contributed by atoms with Gasteiger partial charge in [-0.25, -0.2) is 0 Å². The van der Waals surface area contributed by atoms with Gasteiger partial charge in [-0.05, 0) is 31.1 Å². The van der Waals surface area contributed by atoms with E-state index in [1.165, 1.54) is 199 Å². The molecule has 0 aliphatic carbocycles. The van der Waals surface area contributed by atoms with Gasteiger partial charge in [0, 0.05) is 19.3 Å². The van der Waals surface area contributed by atoms with Gasteiger partial charge in [-0.3, -0.25) is 14.4 Å². The van der Waals surface area contributed by atoms with Crippen LogP contribution in [0.4, 0.5) is 0 Å². The van der Waals surface area contributed by atoms with Crippen molar-refractivity contribution in [1.82, 2.24) is 0 Å². The molecule has 0 aliphatic rings. The molecule has 0 rings (SSSR count). The normalized spacial score (nSPS) is 12.0. The summed E-state index contributed by atoms with van der Waals surface area (Å²) < 4.78 is 16.9. The number of rotatable bonds is 50. The second kappa shape index (κ2) is 48.9. The molecule has 0 radical (unpaired) electrons. The molecule has 0 amide bonds. The fourth-order valence-electron chi connectivity index (χ4n) is 8.52. The van der Waals surface area contributed by atoms with Crippen LogP contribution in [0.15, 0.2) is 0 Å². The lowest BCUT2D eigenvalue weighted by Crippen LogP contribution is -2.30. The zero-order chi connectivity index (χ0) is 45.4. The summed E-state index contributed by atoms with van der Waals surface area (Å²) in [7, 11) is 0. The Balaban J connectivity index is 4.31. The van der Waals surface area contributed by atoms with Crippen LogP contribution in [0.25, 0.3) is 0 Å². The fourth-order valence-corrected chi connectivity index (χ4v) is 8.52. The number of hydrogen-bond donors (Lipinski definition) is 0. The largest absolute Gasteiger partial charge is 0.462 e. The van der Waals surface area contributed by atoms with Gasteiger partial charge in [-0.2, -0.15) is 0 Å². The van der Waals surface area contributed by atoms with Gasteiger partial charge >= 0.3 is 17.9 Å². The van der Waals surface area contributed by atoms with E-state index >= 15 is 0 Å². The highest BCUT2D eigenvalue weighted by molar-refractivity contribution is 5.71. The number of carbonyl (C=O) groups is 3. The highest BCUT2D eigenvalue weighted by atomic mass is 16.6. The van der Waals surface area contributed by atoms with Gasteiger partial charge in [0.05, 0.1) is 0 Å². The smallest absolute Gasteiger partial charge is 0.306 e. The lowest BCUT2D eigenvalue weighted by Gasteiger charge is -2.18. The van der Waals surface area contributed by atoms with Crippen LogP contribution >= 0.6 is 0 Å². The first-order chi connectivity index (χ1) is 30.2. The van der Waals surface area contributed by atoms with E-state index in [1.54, 1.807) is 0 Å². The molecule has 0 aliphatic heterocycles. The Morgan fingerprint density at radius 1 is 0.306 bits per heavy atom. The topological polar surface area (TPSA) is 78.9 Å². The Hall–Kier alpha value is -1.59. The Bertz CT molecular complexity index is 947. The maximum absolute atomic E-state index is 12.8.